The number of aryl methyl sites for hydroxylation is 1. The highest BCUT2D eigenvalue weighted by Crippen LogP contribution is 2.47. The first-order chi connectivity index (χ1) is 23.3. The summed E-state index contributed by atoms with van der Waals surface area (Å²) in [6.07, 6.45) is 7.41. The van der Waals surface area contributed by atoms with E-state index in [1.165, 1.54) is 6.92 Å². The Balaban J connectivity index is 1.49. The number of sulfonamides is 1. The second kappa shape index (κ2) is 14.0. The molecule has 2 heterocycles. The van der Waals surface area contributed by atoms with Crippen molar-refractivity contribution in [2.75, 3.05) is 31.2 Å². The van der Waals surface area contributed by atoms with Crippen LogP contribution < -0.4 is 14.4 Å². The molecule has 11 nitrogen and oxygen atoms in total. The highest BCUT2D eigenvalue weighted by molar-refractivity contribution is 7.90. The van der Waals surface area contributed by atoms with Crippen molar-refractivity contribution in [1.29, 1.82) is 0 Å². The summed E-state index contributed by atoms with van der Waals surface area (Å²) < 4.78 is 41.7. The molecule has 1 saturated carbocycles. The van der Waals surface area contributed by atoms with Crippen molar-refractivity contribution in [3.05, 3.63) is 69.8 Å². The lowest BCUT2D eigenvalue weighted by molar-refractivity contribution is -0.145. The number of fused-ring (bicyclic) bond motifs is 4. The van der Waals surface area contributed by atoms with E-state index >= 15 is 0 Å². The number of hydrogen-bond acceptors (Lipinski definition) is 8. The molecule has 2 aliphatic heterocycles. The molecule has 264 valence electrons. The third-order valence-electron chi connectivity index (χ3n) is 11.0. The molecule has 49 heavy (non-hydrogen) atoms. The number of halogens is 1. The Morgan fingerprint density at radius 1 is 1.14 bits per heavy atom. The van der Waals surface area contributed by atoms with Crippen LogP contribution in [-0.4, -0.2) is 74.1 Å². The van der Waals surface area contributed by atoms with Gasteiger partial charge in [0.2, 0.25) is 10.0 Å². The molecular formula is C36H43ClN2O9S. The van der Waals surface area contributed by atoms with Gasteiger partial charge in [-0.05, 0) is 104 Å². The molecule has 6 rings (SSSR count). The van der Waals surface area contributed by atoms with Gasteiger partial charge in [0.05, 0.1) is 30.1 Å². The average molecular weight is 715 g/mol. The van der Waals surface area contributed by atoms with Gasteiger partial charge in [-0.3, -0.25) is 9.59 Å². The zero-order valence-electron chi connectivity index (χ0n) is 27.7. The first kappa shape index (κ1) is 35.2. The van der Waals surface area contributed by atoms with Crippen molar-refractivity contribution in [3.8, 4) is 5.75 Å². The zero-order chi connectivity index (χ0) is 35.1. The fraction of sp³-hybridized carbons (Fsp3) is 0.528. The number of rotatable bonds is 5. The lowest BCUT2D eigenvalue weighted by atomic mass is 9.68. The molecule has 1 spiro atoms. The number of nitrogens with zero attached hydrogens (tertiary/aromatic N) is 1. The molecule has 1 fully saturated rings. The summed E-state index contributed by atoms with van der Waals surface area (Å²) in [6, 6.07) is 9.08. The third-order valence-corrected chi connectivity index (χ3v) is 13.1. The van der Waals surface area contributed by atoms with Crippen LogP contribution in [-0.2, 0) is 42.6 Å². The van der Waals surface area contributed by atoms with Gasteiger partial charge >= 0.3 is 11.9 Å². The lowest BCUT2D eigenvalue weighted by Gasteiger charge is -2.46. The van der Waals surface area contributed by atoms with Crippen LogP contribution in [0.4, 0.5) is 5.69 Å². The highest BCUT2D eigenvalue weighted by Gasteiger charge is 2.45. The molecule has 2 aromatic carbocycles. The van der Waals surface area contributed by atoms with Crippen molar-refractivity contribution in [2.24, 2.45) is 17.8 Å². The van der Waals surface area contributed by atoms with Crippen LogP contribution in [0.5, 0.6) is 5.75 Å². The molecule has 13 heteroatoms. The number of ether oxygens (including phenoxy) is 2. The number of carboxylic acid groups (broad SMARTS) is 2. The van der Waals surface area contributed by atoms with E-state index in [-0.39, 0.29) is 23.0 Å². The summed E-state index contributed by atoms with van der Waals surface area (Å²) in [5.74, 6) is -2.98. The number of benzene rings is 2. The number of nitrogens with one attached hydrogen (secondary N) is 1. The number of amides is 1. The number of carboxylic acids is 2. The van der Waals surface area contributed by atoms with Crippen LogP contribution in [0.3, 0.4) is 0 Å². The predicted molar refractivity (Wildman–Crippen MR) is 184 cm³/mol. The molecule has 6 atom stereocenters. The van der Waals surface area contributed by atoms with E-state index < -0.39 is 63.6 Å². The maximum Gasteiger partial charge on any atom is 0.329 e. The summed E-state index contributed by atoms with van der Waals surface area (Å²) in [4.78, 5) is 39.5. The third kappa shape index (κ3) is 7.32. The molecule has 1 amide bonds. The Labute approximate surface area is 291 Å². The maximum absolute atomic E-state index is 13.8. The summed E-state index contributed by atoms with van der Waals surface area (Å²) in [5, 5.41) is 18.9. The van der Waals surface area contributed by atoms with Gasteiger partial charge in [-0.2, -0.15) is 0 Å². The van der Waals surface area contributed by atoms with E-state index in [1.807, 2.05) is 24.3 Å². The lowest BCUT2D eigenvalue weighted by Crippen LogP contribution is -2.50. The van der Waals surface area contributed by atoms with Crippen LogP contribution >= 0.6 is 11.6 Å². The van der Waals surface area contributed by atoms with E-state index in [0.29, 0.717) is 42.6 Å². The minimum Gasteiger partial charge on any atom is -0.490 e. The minimum atomic E-state index is -4.17. The van der Waals surface area contributed by atoms with E-state index in [1.54, 1.807) is 19.1 Å². The first-order valence-electron chi connectivity index (χ1n) is 16.9. The molecule has 0 radical (unpaired) electrons. The van der Waals surface area contributed by atoms with Gasteiger partial charge in [-0.15, -0.1) is 0 Å². The van der Waals surface area contributed by atoms with Crippen molar-refractivity contribution in [3.63, 3.8) is 0 Å². The largest absolute Gasteiger partial charge is 0.490 e. The van der Waals surface area contributed by atoms with E-state index in [4.69, 9.17) is 21.1 Å². The quantitative estimate of drug-likeness (QED) is 0.361. The van der Waals surface area contributed by atoms with Crippen molar-refractivity contribution < 1.29 is 42.5 Å². The van der Waals surface area contributed by atoms with Crippen molar-refractivity contribution >= 4 is 45.2 Å². The number of carbonyl (C=O) groups excluding carboxylic acids is 1. The van der Waals surface area contributed by atoms with Crippen molar-refractivity contribution in [2.45, 2.75) is 75.6 Å². The van der Waals surface area contributed by atoms with Gasteiger partial charge in [0.15, 0.2) is 0 Å². The molecule has 0 unspecified atom stereocenters. The number of aliphatic carboxylic acids is 2. The monoisotopic (exact) mass is 714 g/mol. The SMILES string of the molecule is C[C@@H]1[C@@H](C)C/C=C\[C@H](OCC(=O)O)[C@@H]2CC[C@H]2CN2C[C@@]3(CCCc4cc(Cl)ccc43)COc3cc(CC(=O)O)c(cc32)C(=O)NS1(=O)=O. The van der Waals surface area contributed by atoms with Crippen LogP contribution in [0, 0.1) is 17.8 Å². The van der Waals surface area contributed by atoms with Crippen molar-refractivity contribution in [1.82, 2.24) is 4.72 Å². The molecule has 2 aromatic rings. The second-order valence-electron chi connectivity index (χ2n) is 14.1. The predicted octanol–water partition coefficient (Wildman–Crippen LogP) is 4.98. The van der Waals surface area contributed by atoms with Crippen LogP contribution in [0.1, 0.15) is 73.0 Å². The number of allylic oxidation sites excluding steroid dienone is 1. The van der Waals surface area contributed by atoms with Gasteiger partial charge in [-0.25, -0.2) is 17.9 Å². The molecule has 0 aromatic heterocycles. The molecule has 4 aliphatic rings. The maximum atomic E-state index is 13.8. The number of carbonyl (C=O) groups is 3. The van der Waals surface area contributed by atoms with Gasteiger partial charge < -0.3 is 24.6 Å². The Morgan fingerprint density at radius 2 is 1.94 bits per heavy atom. The molecule has 0 saturated heterocycles. The Hall–Kier alpha value is -3.61. The van der Waals surface area contributed by atoms with E-state index in [2.05, 4.69) is 15.7 Å². The highest BCUT2D eigenvalue weighted by atomic mass is 35.5. The summed E-state index contributed by atoms with van der Waals surface area (Å²) in [7, 11) is -4.17. The smallest absolute Gasteiger partial charge is 0.329 e. The minimum absolute atomic E-state index is 0.00930. The second-order valence-corrected chi connectivity index (χ2v) is 16.6. The van der Waals surface area contributed by atoms with Gasteiger partial charge in [0.1, 0.15) is 12.4 Å². The summed E-state index contributed by atoms with van der Waals surface area (Å²) >= 11 is 6.41. The van der Waals surface area contributed by atoms with Crippen LogP contribution in [0.2, 0.25) is 5.02 Å². The number of hydrogen-bond donors (Lipinski definition) is 3. The molecule has 2 bridgehead atoms. The standard InChI is InChI=1S/C36H43ClN2O9S/c1-21-5-3-7-31(47-18-34(42)43)27-10-8-24(27)17-39-19-36(12-4-6-23-13-26(37)9-11-29(23)36)20-48-32-14-25(15-33(40)41)28(16-30(32)39)35(44)38-49(45,46)22(21)2/h3,7,9,11,13-14,16,21-22,24,27,31H,4-6,8,10,12,15,17-20H2,1-2H3,(H,38,44)(H,40,41)(H,42,43)/b7-3-/t21-,22+,24-,27+,31-,36-/m0/s1. The molecule has 2 aliphatic carbocycles. The topological polar surface area (TPSA) is 160 Å². The van der Waals surface area contributed by atoms with E-state index in [9.17, 15) is 33.0 Å². The normalized spacial score (nSPS) is 30.1. The molecule has 3 N–H and O–H groups in total. The first-order valence-corrected chi connectivity index (χ1v) is 18.8. The Morgan fingerprint density at radius 3 is 2.65 bits per heavy atom. The average Bonchev–Trinajstić information content (AvgIpc) is 3.16. The molecular weight excluding hydrogens is 672 g/mol. The van der Waals surface area contributed by atoms with Gasteiger partial charge in [-0.1, -0.05) is 36.7 Å². The Kier molecular flexibility index (Phi) is 10.0. The van der Waals surface area contributed by atoms with E-state index in [0.717, 1.165) is 43.2 Å². The summed E-state index contributed by atoms with van der Waals surface area (Å²) in [5.41, 5.74) is 2.53. The fourth-order valence-corrected chi connectivity index (χ4v) is 9.42. The number of anilines is 1. The summed E-state index contributed by atoms with van der Waals surface area (Å²) in [6.45, 7) is 4.22. The zero-order valence-corrected chi connectivity index (χ0v) is 29.3. The van der Waals surface area contributed by atoms with Crippen LogP contribution in [0.25, 0.3) is 0 Å². The fourth-order valence-electron chi connectivity index (χ4n) is 7.95. The van der Waals surface area contributed by atoms with Gasteiger partial charge in [0.25, 0.3) is 5.91 Å². The van der Waals surface area contributed by atoms with Crippen LogP contribution in [0.15, 0.2) is 42.5 Å². The van der Waals surface area contributed by atoms with Gasteiger partial charge in [0, 0.05) is 29.1 Å². The Bertz CT molecular complexity index is 1780.